The van der Waals surface area contributed by atoms with Gasteiger partial charge in [-0.05, 0) is 48.5 Å². The van der Waals surface area contributed by atoms with Crippen LogP contribution in [0.2, 0.25) is 5.02 Å². The van der Waals surface area contributed by atoms with E-state index in [9.17, 15) is 4.79 Å². The normalized spacial score (nSPS) is 12.5. The molecule has 0 N–H and O–H groups in total. The molecule has 1 aliphatic rings. The SMILES string of the molecule is COc1ccc(OCCN(C)C(=O)C2=Cc3cc(Cl)ccc3OC2)cc1. The summed E-state index contributed by atoms with van der Waals surface area (Å²) < 4.78 is 16.4. The second kappa shape index (κ2) is 8.15. The molecule has 1 heterocycles. The fourth-order valence-corrected chi connectivity index (χ4v) is 2.77. The summed E-state index contributed by atoms with van der Waals surface area (Å²) in [5.41, 5.74) is 1.40. The monoisotopic (exact) mass is 373 g/mol. The maximum absolute atomic E-state index is 12.6. The maximum atomic E-state index is 12.6. The maximum Gasteiger partial charge on any atom is 0.253 e. The predicted molar refractivity (Wildman–Crippen MR) is 101 cm³/mol. The molecule has 1 aliphatic heterocycles. The molecule has 1 amide bonds. The molecule has 6 heteroatoms. The number of benzene rings is 2. The van der Waals surface area contributed by atoms with Crippen LogP contribution in [0.25, 0.3) is 6.08 Å². The van der Waals surface area contributed by atoms with Crippen LogP contribution in [0.4, 0.5) is 0 Å². The van der Waals surface area contributed by atoms with Crippen molar-refractivity contribution in [3.63, 3.8) is 0 Å². The standard InChI is InChI=1S/C20H20ClNO4/c1-22(9-10-25-18-6-4-17(24-2)5-7-18)20(23)15-11-14-12-16(21)3-8-19(14)26-13-15/h3-8,11-12H,9-10,13H2,1-2H3. The Kier molecular flexibility index (Phi) is 5.68. The van der Waals surface area contributed by atoms with Crippen molar-refractivity contribution in [3.8, 4) is 17.2 Å². The molecule has 3 rings (SSSR count). The molecule has 0 bridgehead atoms. The predicted octanol–water partition coefficient (Wildman–Crippen LogP) is 3.66. The van der Waals surface area contributed by atoms with Crippen molar-refractivity contribution < 1.29 is 19.0 Å². The van der Waals surface area contributed by atoms with E-state index in [0.717, 1.165) is 22.8 Å². The van der Waals surface area contributed by atoms with Gasteiger partial charge in [0.25, 0.3) is 5.91 Å². The Morgan fingerprint density at radius 2 is 1.92 bits per heavy atom. The molecular formula is C20H20ClNO4. The lowest BCUT2D eigenvalue weighted by Crippen LogP contribution is -2.34. The van der Waals surface area contributed by atoms with Crippen LogP contribution in [0, 0.1) is 0 Å². The van der Waals surface area contributed by atoms with E-state index in [2.05, 4.69) is 0 Å². The molecule has 2 aromatic rings. The van der Waals surface area contributed by atoms with Gasteiger partial charge in [0.2, 0.25) is 0 Å². The zero-order valence-electron chi connectivity index (χ0n) is 14.7. The summed E-state index contributed by atoms with van der Waals surface area (Å²) in [5.74, 6) is 2.15. The van der Waals surface area contributed by atoms with Crippen molar-refractivity contribution >= 4 is 23.6 Å². The zero-order valence-corrected chi connectivity index (χ0v) is 15.5. The number of methoxy groups -OCH3 is 1. The minimum atomic E-state index is -0.0889. The van der Waals surface area contributed by atoms with Gasteiger partial charge >= 0.3 is 0 Å². The third kappa shape index (κ3) is 4.29. The van der Waals surface area contributed by atoms with E-state index in [1.807, 2.05) is 36.4 Å². The van der Waals surface area contributed by atoms with Crippen molar-refractivity contribution in [1.29, 1.82) is 0 Å². The Morgan fingerprint density at radius 3 is 2.65 bits per heavy atom. The first kappa shape index (κ1) is 18.1. The molecule has 0 spiro atoms. The molecule has 26 heavy (non-hydrogen) atoms. The highest BCUT2D eigenvalue weighted by Crippen LogP contribution is 2.29. The number of nitrogens with zero attached hydrogens (tertiary/aromatic N) is 1. The van der Waals surface area contributed by atoms with Gasteiger partial charge in [-0.15, -0.1) is 0 Å². The van der Waals surface area contributed by atoms with Crippen LogP contribution in [0.1, 0.15) is 5.56 Å². The Labute approximate surface area is 157 Å². The van der Waals surface area contributed by atoms with Crippen molar-refractivity contribution in [2.75, 3.05) is 33.9 Å². The topological polar surface area (TPSA) is 48.0 Å². The van der Waals surface area contributed by atoms with Gasteiger partial charge in [0.1, 0.15) is 30.5 Å². The molecule has 0 radical (unpaired) electrons. The van der Waals surface area contributed by atoms with E-state index in [1.54, 1.807) is 31.2 Å². The fraction of sp³-hybridized carbons (Fsp3) is 0.250. The molecule has 5 nitrogen and oxygen atoms in total. The Morgan fingerprint density at radius 1 is 1.19 bits per heavy atom. The van der Waals surface area contributed by atoms with E-state index in [1.165, 1.54) is 0 Å². The molecular weight excluding hydrogens is 354 g/mol. The van der Waals surface area contributed by atoms with Crippen LogP contribution < -0.4 is 14.2 Å². The fourth-order valence-electron chi connectivity index (χ4n) is 2.59. The number of hydrogen-bond donors (Lipinski definition) is 0. The minimum absolute atomic E-state index is 0.0889. The van der Waals surface area contributed by atoms with Crippen LogP contribution >= 0.6 is 11.6 Å². The van der Waals surface area contributed by atoms with Crippen LogP contribution in [0.15, 0.2) is 48.0 Å². The van der Waals surface area contributed by atoms with Crippen molar-refractivity contribution in [1.82, 2.24) is 4.90 Å². The molecule has 0 fully saturated rings. The summed E-state index contributed by atoms with van der Waals surface area (Å²) in [6.07, 6.45) is 1.83. The summed E-state index contributed by atoms with van der Waals surface area (Å²) in [4.78, 5) is 14.2. The Hall–Kier alpha value is -2.66. The number of carbonyl (C=O) groups is 1. The first-order chi connectivity index (χ1) is 12.6. The van der Waals surface area contributed by atoms with E-state index in [0.29, 0.717) is 23.7 Å². The first-order valence-corrected chi connectivity index (χ1v) is 8.60. The highest BCUT2D eigenvalue weighted by molar-refractivity contribution is 6.30. The van der Waals surface area contributed by atoms with Gasteiger partial charge in [-0.25, -0.2) is 0 Å². The number of likely N-dealkylation sites (N-methyl/N-ethyl adjacent to an activating group) is 1. The second-order valence-corrected chi connectivity index (χ2v) is 6.33. The second-order valence-electron chi connectivity index (χ2n) is 5.89. The smallest absolute Gasteiger partial charge is 0.253 e. The number of hydrogen-bond acceptors (Lipinski definition) is 4. The van der Waals surface area contributed by atoms with Crippen LogP contribution in [-0.4, -0.2) is 44.7 Å². The van der Waals surface area contributed by atoms with Crippen molar-refractivity contribution in [3.05, 3.63) is 58.6 Å². The summed E-state index contributed by atoms with van der Waals surface area (Å²) >= 11 is 6.01. The average molecular weight is 374 g/mol. The third-order valence-corrected chi connectivity index (χ3v) is 4.30. The zero-order chi connectivity index (χ0) is 18.5. The number of rotatable bonds is 6. The van der Waals surface area contributed by atoms with E-state index in [-0.39, 0.29) is 12.5 Å². The average Bonchev–Trinajstić information content (AvgIpc) is 2.67. The molecule has 136 valence electrons. The van der Waals surface area contributed by atoms with Gasteiger partial charge < -0.3 is 19.1 Å². The van der Waals surface area contributed by atoms with Gasteiger partial charge in [0.05, 0.1) is 19.2 Å². The van der Waals surface area contributed by atoms with Crippen LogP contribution in [0.5, 0.6) is 17.2 Å². The number of halogens is 1. The number of ether oxygens (including phenoxy) is 3. The van der Waals surface area contributed by atoms with Gasteiger partial charge in [-0.1, -0.05) is 11.6 Å². The van der Waals surface area contributed by atoms with Gasteiger partial charge in [0.15, 0.2) is 0 Å². The molecule has 0 saturated carbocycles. The van der Waals surface area contributed by atoms with Gasteiger partial charge in [-0.3, -0.25) is 4.79 Å². The number of carbonyl (C=O) groups excluding carboxylic acids is 1. The molecule has 0 aromatic heterocycles. The first-order valence-electron chi connectivity index (χ1n) is 8.22. The molecule has 2 aromatic carbocycles. The van der Waals surface area contributed by atoms with Gasteiger partial charge in [-0.2, -0.15) is 0 Å². The summed E-state index contributed by atoms with van der Waals surface area (Å²) in [7, 11) is 3.36. The molecule has 0 atom stereocenters. The Bertz CT molecular complexity index is 817. The van der Waals surface area contributed by atoms with E-state index in [4.69, 9.17) is 25.8 Å². The van der Waals surface area contributed by atoms with Crippen LogP contribution in [0.3, 0.4) is 0 Å². The van der Waals surface area contributed by atoms with Crippen molar-refractivity contribution in [2.24, 2.45) is 0 Å². The number of fused-ring (bicyclic) bond motifs is 1. The lowest BCUT2D eigenvalue weighted by Gasteiger charge is -2.22. The van der Waals surface area contributed by atoms with E-state index < -0.39 is 0 Å². The van der Waals surface area contributed by atoms with Crippen LogP contribution in [-0.2, 0) is 4.79 Å². The molecule has 0 unspecified atom stereocenters. The third-order valence-electron chi connectivity index (χ3n) is 4.06. The Balaban J connectivity index is 1.56. The minimum Gasteiger partial charge on any atom is -0.497 e. The quantitative estimate of drug-likeness (QED) is 0.775. The molecule has 0 aliphatic carbocycles. The van der Waals surface area contributed by atoms with E-state index >= 15 is 0 Å². The lowest BCUT2D eigenvalue weighted by molar-refractivity contribution is -0.126. The summed E-state index contributed by atoms with van der Waals surface area (Å²) in [6.45, 7) is 1.10. The van der Waals surface area contributed by atoms with Gasteiger partial charge in [0, 0.05) is 17.6 Å². The lowest BCUT2D eigenvalue weighted by atomic mass is 10.1. The van der Waals surface area contributed by atoms with Crippen molar-refractivity contribution in [2.45, 2.75) is 0 Å². The summed E-state index contributed by atoms with van der Waals surface area (Å²) in [5, 5.41) is 0.610. The number of amides is 1. The highest BCUT2D eigenvalue weighted by atomic mass is 35.5. The highest BCUT2D eigenvalue weighted by Gasteiger charge is 2.20. The summed E-state index contributed by atoms with van der Waals surface area (Å²) in [6, 6.07) is 12.7. The molecule has 0 saturated heterocycles. The largest absolute Gasteiger partial charge is 0.497 e.